The van der Waals surface area contributed by atoms with Gasteiger partial charge in [-0.05, 0) is 71.2 Å². The largest absolute Gasteiger partial charge is 0.465 e. The van der Waals surface area contributed by atoms with E-state index in [1.807, 2.05) is 95.9 Å². The van der Waals surface area contributed by atoms with Gasteiger partial charge in [-0.2, -0.15) is 0 Å². The van der Waals surface area contributed by atoms with Gasteiger partial charge in [-0.15, -0.1) is 0 Å². The van der Waals surface area contributed by atoms with E-state index in [9.17, 15) is 14.4 Å². The van der Waals surface area contributed by atoms with Crippen molar-refractivity contribution < 1.29 is 28.7 Å². The molecule has 3 amide bonds. The van der Waals surface area contributed by atoms with E-state index in [0.29, 0.717) is 6.54 Å². The first-order valence-electron chi connectivity index (χ1n) is 17.7. The van der Waals surface area contributed by atoms with E-state index in [1.165, 1.54) is 43.5 Å². The zero-order valence-corrected chi connectivity index (χ0v) is 29.9. The molecule has 2 N–H and O–H groups in total. The molecular formula is C44H43N3O6. The minimum absolute atomic E-state index is 0.00295. The maximum absolute atomic E-state index is 15.3. The highest BCUT2D eigenvalue weighted by molar-refractivity contribution is 6.04. The molecule has 0 bridgehead atoms. The maximum atomic E-state index is 15.3. The number of benzene rings is 5. The van der Waals surface area contributed by atoms with Crippen molar-refractivity contribution in [2.75, 3.05) is 19.5 Å². The Morgan fingerprint density at radius 3 is 1.94 bits per heavy atom. The molecule has 9 nitrogen and oxygen atoms in total. The number of carbonyl (C=O) groups is 4. The molecule has 5 aromatic rings. The second-order valence-electron chi connectivity index (χ2n) is 13.2. The number of esters is 2. The smallest absolute Gasteiger partial charge is 0.338 e. The van der Waals surface area contributed by atoms with Crippen LogP contribution in [-0.2, 0) is 40.1 Å². The van der Waals surface area contributed by atoms with Crippen LogP contribution in [-0.4, -0.2) is 49.0 Å². The third kappa shape index (κ3) is 8.99. The summed E-state index contributed by atoms with van der Waals surface area (Å²) in [7, 11) is 2.41. The number of anilines is 1. The highest BCUT2D eigenvalue weighted by Gasteiger charge is 2.39. The molecule has 1 aliphatic carbocycles. The zero-order valence-electron chi connectivity index (χ0n) is 29.9. The summed E-state index contributed by atoms with van der Waals surface area (Å²) in [4.78, 5) is 55.9. The van der Waals surface area contributed by atoms with Crippen molar-refractivity contribution in [3.63, 3.8) is 0 Å². The lowest BCUT2D eigenvalue weighted by Crippen LogP contribution is -2.53. The van der Waals surface area contributed by atoms with E-state index in [4.69, 9.17) is 9.47 Å². The summed E-state index contributed by atoms with van der Waals surface area (Å²) < 4.78 is 9.69. The second-order valence-corrected chi connectivity index (χ2v) is 13.2. The quantitative estimate of drug-likeness (QED) is 0.129. The molecule has 6 rings (SSSR count). The van der Waals surface area contributed by atoms with Gasteiger partial charge < -0.3 is 25.0 Å². The van der Waals surface area contributed by atoms with Gasteiger partial charge in [0.1, 0.15) is 6.04 Å². The number of nitrogens with zero attached hydrogens (tertiary/aromatic N) is 1. The molecule has 9 heteroatoms. The summed E-state index contributed by atoms with van der Waals surface area (Å²) in [5.41, 5.74) is 5.56. The molecule has 0 saturated carbocycles. The Labute approximate surface area is 309 Å². The molecule has 3 atom stereocenters. The summed E-state index contributed by atoms with van der Waals surface area (Å²) in [5, 5.41) is 5.73. The first-order valence-corrected chi connectivity index (χ1v) is 17.7. The molecule has 3 unspecified atom stereocenters. The number of fused-ring (bicyclic) bond motifs is 1. The van der Waals surface area contributed by atoms with Crippen LogP contribution in [0.4, 0.5) is 10.5 Å². The Balaban J connectivity index is 1.37. The Morgan fingerprint density at radius 2 is 1.28 bits per heavy atom. The second kappa shape index (κ2) is 17.3. The predicted octanol–water partition coefficient (Wildman–Crippen LogP) is 7.57. The van der Waals surface area contributed by atoms with E-state index >= 15 is 4.79 Å². The van der Waals surface area contributed by atoms with Gasteiger partial charge in [0.25, 0.3) is 0 Å². The first kappa shape index (κ1) is 36.6. The maximum Gasteiger partial charge on any atom is 0.338 e. The zero-order chi connectivity index (χ0) is 37.2. The standard InChI is InChI=1S/C44H43N3O6/c1-52-42(49)37-25-24-35(28-38(37)43(50)53-2)45-44(51)46-39(27-31-16-8-4-9-17-31)41(48)47(29-32-18-10-5-11-19-32)40-34(26-30-14-6-3-7-15-30)23-22-33-20-12-13-21-36(33)40/h3-21,24-25,28,34,39-40H,22-23,26-27,29H2,1-2H3,(H2,45,46,51). The number of ether oxygens (including phenoxy) is 2. The monoisotopic (exact) mass is 709 g/mol. The number of methoxy groups -OCH3 is 2. The van der Waals surface area contributed by atoms with Gasteiger partial charge in [-0.1, -0.05) is 115 Å². The summed E-state index contributed by atoms with van der Waals surface area (Å²) in [6, 6.07) is 40.6. The Hall–Kier alpha value is -6.22. The third-order valence-electron chi connectivity index (χ3n) is 9.73. The number of hydrogen-bond donors (Lipinski definition) is 2. The van der Waals surface area contributed by atoms with Crippen molar-refractivity contribution in [2.45, 2.75) is 44.3 Å². The predicted molar refractivity (Wildman–Crippen MR) is 203 cm³/mol. The average Bonchev–Trinajstić information content (AvgIpc) is 3.20. The van der Waals surface area contributed by atoms with Crippen LogP contribution in [0.1, 0.15) is 61.0 Å². The lowest BCUT2D eigenvalue weighted by Gasteiger charge is -2.43. The molecule has 0 aliphatic heterocycles. The Kier molecular flexibility index (Phi) is 12.0. The van der Waals surface area contributed by atoms with Gasteiger partial charge in [0.15, 0.2) is 0 Å². The number of nitrogens with one attached hydrogen (secondary N) is 2. The summed E-state index contributed by atoms with van der Waals surface area (Å²) in [6.45, 7) is 0.343. The number of urea groups is 1. The van der Waals surface area contributed by atoms with Crippen molar-refractivity contribution in [1.29, 1.82) is 0 Å². The van der Waals surface area contributed by atoms with Crippen LogP contribution in [0.3, 0.4) is 0 Å². The van der Waals surface area contributed by atoms with E-state index in [-0.39, 0.29) is 41.1 Å². The Morgan fingerprint density at radius 1 is 0.698 bits per heavy atom. The van der Waals surface area contributed by atoms with Crippen LogP contribution in [0.15, 0.2) is 133 Å². The summed E-state index contributed by atoms with van der Waals surface area (Å²) in [6.07, 6.45) is 2.84. The first-order chi connectivity index (χ1) is 25.8. The molecule has 0 saturated heterocycles. The molecule has 270 valence electrons. The highest BCUT2D eigenvalue weighted by Crippen LogP contribution is 2.41. The molecule has 0 fully saturated rings. The average molecular weight is 710 g/mol. The SMILES string of the molecule is COC(=O)c1ccc(NC(=O)NC(Cc2ccccc2)C(=O)N(Cc2ccccc2)C2c3ccccc3CCC2Cc2ccccc2)cc1C(=O)OC. The molecule has 0 heterocycles. The third-order valence-corrected chi connectivity index (χ3v) is 9.73. The molecule has 0 radical (unpaired) electrons. The van der Waals surface area contributed by atoms with Crippen LogP contribution in [0.2, 0.25) is 0 Å². The number of rotatable bonds is 12. The van der Waals surface area contributed by atoms with Crippen LogP contribution < -0.4 is 10.6 Å². The fourth-order valence-electron chi connectivity index (χ4n) is 7.21. The van der Waals surface area contributed by atoms with Gasteiger partial charge in [0, 0.05) is 18.7 Å². The van der Waals surface area contributed by atoms with Crippen molar-refractivity contribution >= 4 is 29.6 Å². The van der Waals surface area contributed by atoms with Crippen molar-refractivity contribution in [2.24, 2.45) is 5.92 Å². The molecule has 0 spiro atoms. The molecule has 1 aliphatic rings. The molecule has 53 heavy (non-hydrogen) atoms. The van der Waals surface area contributed by atoms with Gasteiger partial charge in [-0.3, -0.25) is 4.79 Å². The van der Waals surface area contributed by atoms with Gasteiger partial charge in [0.2, 0.25) is 5.91 Å². The Bertz CT molecular complexity index is 2040. The van der Waals surface area contributed by atoms with Crippen LogP contribution in [0, 0.1) is 5.92 Å². The van der Waals surface area contributed by atoms with Crippen LogP contribution in [0.5, 0.6) is 0 Å². The normalized spacial score (nSPS) is 15.3. The number of carbonyl (C=O) groups excluding carboxylic acids is 4. The van der Waals surface area contributed by atoms with Crippen LogP contribution >= 0.6 is 0 Å². The minimum Gasteiger partial charge on any atom is -0.465 e. The summed E-state index contributed by atoms with van der Waals surface area (Å²) >= 11 is 0. The fraction of sp³-hybridized carbons (Fsp3) is 0.227. The van der Waals surface area contributed by atoms with E-state index in [2.05, 4.69) is 34.9 Å². The van der Waals surface area contributed by atoms with E-state index in [1.54, 1.807) is 0 Å². The van der Waals surface area contributed by atoms with Crippen molar-refractivity contribution in [3.05, 3.63) is 172 Å². The number of amides is 3. The van der Waals surface area contributed by atoms with Gasteiger partial charge >= 0.3 is 18.0 Å². The lowest BCUT2D eigenvalue weighted by molar-refractivity contribution is -0.138. The minimum atomic E-state index is -0.956. The topological polar surface area (TPSA) is 114 Å². The lowest BCUT2D eigenvalue weighted by atomic mass is 9.75. The number of hydrogen-bond acceptors (Lipinski definition) is 6. The molecular weight excluding hydrogens is 666 g/mol. The van der Waals surface area contributed by atoms with Crippen molar-refractivity contribution in [3.8, 4) is 0 Å². The van der Waals surface area contributed by atoms with Crippen LogP contribution in [0.25, 0.3) is 0 Å². The van der Waals surface area contributed by atoms with Gasteiger partial charge in [-0.25, -0.2) is 14.4 Å². The van der Waals surface area contributed by atoms with E-state index in [0.717, 1.165) is 36.0 Å². The van der Waals surface area contributed by atoms with Gasteiger partial charge in [0.05, 0.1) is 31.4 Å². The number of aryl methyl sites for hydroxylation is 1. The highest BCUT2D eigenvalue weighted by atomic mass is 16.5. The fourth-order valence-corrected chi connectivity index (χ4v) is 7.21. The molecule has 5 aromatic carbocycles. The summed E-state index contributed by atoms with van der Waals surface area (Å²) in [5.74, 6) is -1.58. The van der Waals surface area contributed by atoms with E-state index < -0.39 is 24.0 Å². The molecule has 0 aromatic heterocycles. The van der Waals surface area contributed by atoms with Crippen molar-refractivity contribution in [1.82, 2.24) is 10.2 Å².